The van der Waals surface area contributed by atoms with Crippen molar-refractivity contribution in [3.8, 4) is 0 Å². The van der Waals surface area contributed by atoms with Crippen molar-refractivity contribution < 1.29 is 18.0 Å². The molecule has 0 bridgehead atoms. The average Bonchev–Trinajstić information content (AvgIpc) is 2.72. The number of likely N-dealkylation sites (N-methyl/N-ethyl adjacent to an activating group) is 1. The molecule has 0 unspecified atom stereocenters. The summed E-state index contributed by atoms with van der Waals surface area (Å²) in [5.74, 6) is -0.239. The van der Waals surface area contributed by atoms with Crippen LogP contribution in [0.25, 0.3) is 0 Å². The molecule has 2 fully saturated rings. The van der Waals surface area contributed by atoms with E-state index in [0.29, 0.717) is 19.4 Å². The predicted octanol–water partition coefficient (Wildman–Crippen LogP) is 0.875. The summed E-state index contributed by atoms with van der Waals surface area (Å²) in [6.07, 6.45) is 1.81. The minimum Gasteiger partial charge on any atom is -0.305 e. The van der Waals surface area contributed by atoms with E-state index >= 15 is 0 Å². The summed E-state index contributed by atoms with van der Waals surface area (Å²) in [5, 5.41) is 0. The quantitative estimate of drug-likeness (QED) is 0.757. The number of sulfonamides is 1. The predicted molar refractivity (Wildman–Crippen MR) is 88.5 cm³/mol. The third-order valence-electron chi connectivity index (χ3n) is 4.94. The smallest absolute Gasteiger partial charge is 0.305 e. The highest BCUT2D eigenvalue weighted by Gasteiger charge is 2.57. The Morgan fingerprint density at radius 1 is 1.08 bits per heavy atom. The molecular weight excluding hydrogens is 330 g/mol. The molecule has 3 amide bonds. The second-order valence-electron chi connectivity index (χ2n) is 6.41. The molecule has 2 aliphatic heterocycles. The van der Waals surface area contributed by atoms with E-state index in [0.717, 1.165) is 10.5 Å². The first kappa shape index (κ1) is 16.9. The summed E-state index contributed by atoms with van der Waals surface area (Å²) in [6.45, 7) is 0.836. The summed E-state index contributed by atoms with van der Waals surface area (Å²) >= 11 is 0. The Morgan fingerprint density at radius 3 is 2.21 bits per heavy atom. The maximum Gasteiger partial charge on any atom is 0.327 e. The number of hydrogen-bond acceptors (Lipinski definition) is 4. The van der Waals surface area contributed by atoms with Crippen LogP contribution in [0.3, 0.4) is 0 Å². The largest absolute Gasteiger partial charge is 0.327 e. The zero-order chi connectivity index (χ0) is 17.5. The second-order valence-corrected chi connectivity index (χ2v) is 8.39. The molecule has 2 heterocycles. The van der Waals surface area contributed by atoms with Crippen LogP contribution in [0, 0.1) is 0 Å². The van der Waals surface area contributed by atoms with Crippen molar-refractivity contribution in [3.05, 3.63) is 35.9 Å². The molecule has 7 nitrogen and oxygen atoms in total. The van der Waals surface area contributed by atoms with E-state index in [1.807, 2.05) is 30.3 Å². The van der Waals surface area contributed by atoms with Crippen LogP contribution < -0.4 is 0 Å². The van der Waals surface area contributed by atoms with Crippen LogP contribution in [-0.4, -0.2) is 66.4 Å². The molecule has 0 atom stereocenters. The van der Waals surface area contributed by atoms with E-state index in [2.05, 4.69) is 0 Å². The fourth-order valence-electron chi connectivity index (χ4n) is 3.54. The molecule has 1 aromatic carbocycles. The van der Waals surface area contributed by atoms with Crippen LogP contribution in [0.5, 0.6) is 0 Å². The van der Waals surface area contributed by atoms with Gasteiger partial charge in [-0.05, 0) is 18.4 Å². The molecule has 24 heavy (non-hydrogen) atoms. The van der Waals surface area contributed by atoms with Gasteiger partial charge in [0.25, 0.3) is 5.91 Å². The summed E-state index contributed by atoms with van der Waals surface area (Å²) in [5.41, 5.74) is 0.00179. The van der Waals surface area contributed by atoms with E-state index in [9.17, 15) is 18.0 Å². The molecule has 0 saturated carbocycles. The molecule has 2 saturated heterocycles. The molecule has 8 heteroatoms. The van der Waals surface area contributed by atoms with Crippen molar-refractivity contribution in [1.82, 2.24) is 14.1 Å². The van der Waals surface area contributed by atoms with Gasteiger partial charge in [0.05, 0.1) is 6.26 Å². The Labute approximate surface area is 141 Å². The highest BCUT2D eigenvalue weighted by atomic mass is 32.2. The molecule has 0 aliphatic carbocycles. The van der Waals surface area contributed by atoms with Crippen LogP contribution in [0.1, 0.15) is 18.4 Å². The Morgan fingerprint density at radius 2 is 1.67 bits per heavy atom. The number of piperidine rings is 1. The second kappa shape index (κ2) is 5.86. The van der Waals surface area contributed by atoms with Crippen molar-refractivity contribution in [2.45, 2.75) is 24.9 Å². The number of amides is 3. The zero-order valence-corrected chi connectivity index (χ0v) is 14.6. The van der Waals surface area contributed by atoms with Crippen molar-refractivity contribution in [2.24, 2.45) is 0 Å². The summed E-state index contributed by atoms with van der Waals surface area (Å²) < 4.78 is 24.8. The number of urea groups is 1. The van der Waals surface area contributed by atoms with Gasteiger partial charge in [-0.15, -0.1) is 0 Å². The first-order valence-corrected chi connectivity index (χ1v) is 9.69. The van der Waals surface area contributed by atoms with E-state index in [4.69, 9.17) is 0 Å². The van der Waals surface area contributed by atoms with Crippen molar-refractivity contribution >= 4 is 22.0 Å². The van der Waals surface area contributed by atoms with E-state index in [1.165, 1.54) is 17.6 Å². The minimum atomic E-state index is -3.29. The Hall–Kier alpha value is -1.93. The lowest BCUT2D eigenvalue weighted by atomic mass is 9.86. The van der Waals surface area contributed by atoms with Gasteiger partial charge in [0.2, 0.25) is 10.0 Å². The van der Waals surface area contributed by atoms with Crippen molar-refractivity contribution in [1.29, 1.82) is 0 Å². The number of benzene rings is 1. The van der Waals surface area contributed by atoms with Gasteiger partial charge < -0.3 is 4.90 Å². The average molecular weight is 351 g/mol. The lowest BCUT2D eigenvalue weighted by Crippen LogP contribution is -2.56. The standard InChI is InChI=1S/C16H21N3O4S/c1-17-14(20)16(8-10-18(11-9-16)24(2,22)23)19(15(17)21)12-13-6-4-3-5-7-13/h3-7H,8-12H2,1-2H3. The zero-order valence-electron chi connectivity index (χ0n) is 13.8. The summed E-state index contributed by atoms with van der Waals surface area (Å²) in [7, 11) is -1.80. The monoisotopic (exact) mass is 351 g/mol. The van der Waals surface area contributed by atoms with Gasteiger partial charge in [0.15, 0.2) is 0 Å². The van der Waals surface area contributed by atoms with E-state index < -0.39 is 15.6 Å². The first-order valence-electron chi connectivity index (χ1n) is 7.84. The summed E-state index contributed by atoms with van der Waals surface area (Å²) in [4.78, 5) is 28.1. The highest BCUT2D eigenvalue weighted by molar-refractivity contribution is 7.88. The van der Waals surface area contributed by atoms with E-state index in [1.54, 1.807) is 4.90 Å². The highest BCUT2D eigenvalue weighted by Crippen LogP contribution is 2.38. The molecule has 0 aromatic heterocycles. The van der Waals surface area contributed by atoms with Crippen molar-refractivity contribution in [2.75, 3.05) is 26.4 Å². The van der Waals surface area contributed by atoms with Crippen LogP contribution in [0.4, 0.5) is 4.79 Å². The fourth-order valence-corrected chi connectivity index (χ4v) is 4.38. The molecule has 0 N–H and O–H groups in total. The van der Waals surface area contributed by atoms with Crippen molar-refractivity contribution in [3.63, 3.8) is 0 Å². The number of carbonyl (C=O) groups excluding carboxylic acids is 2. The van der Waals surface area contributed by atoms with Crippen LogP contribution >= 0.6 is 0 Å². The number of imide groups is 1. The Balaban J connectivity index is 1.89. The molecule has 130 valence electrons. The van der Waals surface area contributed by atoms with Gasteiger partial charge in [-0.1, -0.05) is 30.3 Å². The normalized spacial score (nSPS) is 21.8. The van der Waals surface area contributed by atoms with Gasteiger partial charge in [-0.25, -0.2) is 17.5 Å². The topological polar surface area (TPSA) is 78.0 Å². The maximum absolute atomic E-state index is 12.7. The van der Waals surface area contributed by atoms with Gasteiger partial charge >= 0.3 is 6.03 Å². The molecule has 0 radical (unpaired) electrons. The van der Waals surface area contributed by atoms with Gasteiger partial charge in [-0.3, -0.25) is 9.69 Å². The Kier molecular flexibility index (Phi) is 4.13. The van der Waals surface area contributed by atoms with Crippen LogP contribution in [0.2, 0.25) is 0 Å². The van der Waals surface area contributed by atoms with Gasteiger partial charge in [-0.2, -0.15) is 0 Å². The molecular formula is C16H21N3O4S. The molecule has 2 aliphatic rings. The van der Waals surface area contributed by atoms with Gasteiger partial charge in [0, 0.05) is 26.7 Å². The SMILES string of the molecule is CN1C(=O)N(Cc2ccccc2)C2(CCN(S(C)(=O)=O)CC2)C1=O. The molecule has 1 aromatic rings. The number of nitrogens with zero attached hydrogens (tertiary/aromatic N) is 3. The van der Waals surface area contributed by atoms with E-state index in [-0.39, 0.29) is 25.0 Å². The third-order valence-corrected chi connectivity index (χ3v) is 6.24. The maximum atomic E-state index is 12.7. The lowest BCUT2D eigenvalue weighted by Gasteiger charge is -2.41. The Bertz CT molecular complexity index is 755. The van der Waals surface area contributed by atoms with Crippen LogP contribution in [-0.2, 0) is 21.4 Å². The summed E-state index contributed by atoms with van der Waals surface area (Å²) in [6, 6.07) is 9.18. The third kappa shape index (κ3) is 2.69. The number of carbonyl (C=O) groups is 2. The lowest BCUT2D eigenvalue weighted by molar-refractivity contribution is -0.134. The van der Waals surface area contributed by atoms with Gasteiger partial charge in [0.1, 0.15) is 5.54 Å². The molecule has 3 rings (SSSR count). The minimum absolute atomic E-state index is 0.239. The first-order chi connectivity index (χ1) is 11.3. The number of rotatable bonds is 3. The van der Waals surface area contributed by atoms with Crippen LogP contribution in [0.15, 0.2) is 30.3 Å². The number of hydrogen-bond donors (Lipinski definition) is 0. The fraction of sp³-hybridized carbons (Fsp3) is 0.500. The molecule has 1 spiro atoms.